The number of aliphatic carboxylic acids is 1. The van der Waals surface area contributed by atoms with Gasteiger partial charge in [0.15, 0.2) is 0 Å². The fourth-order valence-corrected chi connectivity index (χ4v) is 2.39. The van der Waals surface area contributed by atoms with Crippen molar-refractivity contribution in [1.29, 1.82) is 0 Å². The molecule has 1 amide bonds. The number of hydrogen-bond acceptors (Lipinski definition) is 3. The van der Waals surface area contributed by atoms with Crippen LogP contribution in [-0.4, -0.2) is 48.1 Å². The molecule has 2 rings (SSSR count). The van der Waals surface area contributed by atoms with E-state index in [1.807, 2.05) is 29.2 Å². The Morgan fingerprint density at radius 1 is 1.16 bits per heavy atom. The fourth-order valence-electron chi connectivity index (χ4n) is 2.39. The molecule has 1 N–H and O–H groups in total. The summed E-state index contributed by atoms with van der Waals surface area (Å²) in [6, 6.07) is 7.56. The molecule has 1 aromatic carbocycles. The van der Waals surface area contributed by atoms with E-state index in [-0.39, 0.29) is 12.3 Å². The summed E-state index contributed by atoms with van der Waals surface area (Å²) < 4.78 is 0. The van der Waals surface area contributed by atoms with Gasteiger partial charge < -0.3 is 14.9 Å². The zero-order valence-electron chi connectivity index (χ0n) is 11.0. The van der Waals surface area contributed by atoms with Gasteiger partial charge in [0.05, 0.1) is 6.42 Å². The van der Waals surface area contributed by atoms with Crippen LogP contribution < -0.4 is 4.90 Å². The first-order chi connectivity index (χ1) is 9.08. The number of amides is 1. The van der Waals surface area contributed by atoms with E-state index in [0.717, 1.165) is 24.3 Å². The molecule has 1 aromatic rings. The van der Waals surface area contributed by atoms with Gasteiger partial charge in [0, 0.05) is 38.8 Å². The van der Waals surface area contributed by atoms with Crippen molar-refractivity contribution in [2.24, 2.45) is 0 Å². The molecule has 102 valence electrons. The number of nitrogens with zero attached hydrogens (tertiary/aromatic N) is 2. The predicted molar refractivity (Wildman–Crippen MR) is 72.2 cm³/mol. The number of anilines is 1. The molecular formula is C14H18N2O3. The lowest BCUT2D eigenvalue weighted by molar-refractivity contribution is -0.136. The summed E-state index contributed by atoms with van der Waals surface area (Å²) in [7, 11) is 0. The van der Waals surface area contributed by atoms with Gasteiger partial charge >= 0.3 is 5.97 Å². The number of carboxylic acids is 1. The van der Waals surface area contributed by atoms with Gasteiger partial charge in [-0.2, -0.15) is 0 Å². The van der Waals surface area contributed by atoms with Crippen molar-refractivity contribution in [3.8, 4) is 0 Å². The third-order valence-electron chi connectivity index (χ3n) is 3.40. The zero-order chi connectivity index (χ0) is 13.8. The van der Waals surface area contributed by atoms with E-state index in [1.165, 1.54) is 0 Å². The smallest absolute Gasteiger partial charge is 0.307 e. The van der Waals surface area contributed by atoms with Crippen molar-refractivity contribution in [2.75, 3.05) is 31.1 Å². The summed E-state index contributed by atoms with van der Waals surface area (Å²) in [6.45, 7) is 4.45. The molecule has 5 nitrogen and oxygen atoms in total. The van der Waals surface area contributed by atoms with Crippen molar-refractivity contribution < 1.29 is 14.7 Å². The maximum Gasteiger partial charge on any atom is 0.307 e. The molecule has 1 saturated heterocycles. The van der Waals surface area contributed by atoms with Crippen molar-refractivity contribution in [3.63, 3.8) is 0 Å². The number of benzene rings is 1. The van der Waals surface area contributed by atoms with Crippen LogP contribution in [0.15, 0.2) is 24.3 Å². The van der Waals surface area contributed by atoms with Crippen LogP contribution in [0.5, 0.6) is 0 Å². The van der Waals surface area contributed by atoms with Gasteiger partial charge in [0.1, 0.15) is 0 Å². The molecule has 1 aliphatic heterocycles. The van der Waals surface area contributed by atoms with Crippen LogP contribution in [0.1, 0.15) is 12.5 Å². The quantitative estimate of drug-likeness (QED) is 0.882. The number of rotatable bonds is 3. The molecule has 1 aliphatic rings. The average molecular weight is 262 g/mol. The Kier molecular flexibility index (Phi) is 4.04. The van der Waals surface area contributed by atoms with Crippen LogP contribution in [0.4, 0.5) is 5.69 Å². The highest BCUT2D eigenvalue weighted by atomic mass is 16.4. The summed E-state index contributed by atoms with van der Waals surface area (Å²) in [6.07, 6.45) is 0.0308. The molecule has 0 radical (unpaired) electrons. The highest BCUT2D eigenvalue weighted by Crippen LogP contribution is 2.22. The lowest BCUT2D eigenvalue weighted by Crippen LogP contribution is -2.48. The summed E-state index contributed by atoms with van der Waals surface area (Å²) in [5.74, 6) is -0.728. The first-order valence-corrected chi connectivity index (χ1v) is 6.38. The lowest BCUT2D eigenvalue weighted by Gasteiger charge is -2.36. The van der Waals surface area contributed by atoms with Crippen LogP contribution in [0.25, 0.3) is 0 Å². The van der Waals surface area contributed by atoms with Crippen LogP contribution in [0, 0.1) is 0 Å². The van der Waals surface area contributed by atoms with Gasteiger partial charge in [0.25, 0.3) is 0 Å². The van der Waals surface area contributed by atoms with Crippen molar-refractivity contribution in [1.82, 2.24) is 4.90 Å². The second-order valence-electron chi connectivity index (χ2n) is 4.69. The second-order valence-corrected chi connectivity index (χ2v) is 4.69. The summed E-state index contributed by atoms with van der Waals surface area (Å²) >= 11 is 0. The normalized spacial score (nSPS) is 15.4. The lowest BCUT2D eigenvalue weighted by atomic mass is 10.1. The van der Waals surface area contributed by atoms with Crippen LogP contribution in [0.2, 0.25) is 0 Å². The van der Waals surface area contributed by atoms with Crippen molar-refractivity contribution >= 4 is 17.6 Å². The van der Waals surface area contributed by atoms with Gasteiger partial charge in [-0.3, -0.25) is 9.59 Å². The molecule has 19 heavy (non-hydrogen) atoms. The molecule has 1 fully saturated rings. The van der Waals surface area contributed by atoms with Crippen molar-refractivity contribution in [3.05, 3.63) is 29.8 Å². The molecule has 1 heterocycles. The highest BCUT2D eigenvalue weighted by Gasteiger charge is 2.20. The van der Waals surface area contributed by atoms with Crippen molar-refractivity contribution in [2.45, 2.75) is 13.3 Å². The second kappa shape index (κ2) is 5.73. The largest absolute Gasteiger partial charge is 0.481 e. The Balaban J connectivity index is 2.11. The van der Waals surface area contributed by atoms with E-state index < -0.39 is 5.97 Å². The maximum atomic E-state index is 11.3. The zero-order valence-corrected chi connectivity index (χ0v) is 11.0. The third-order valence-corrected chi connectivity index (χ3v) is 3.40. The minimum atomic E-state index is -0.824. The number of hydrogen-bond donors (Lipinski definition) is 1. The Labute approximate surface area is 112 Å². The summed E-state index contributed by atoms with van der Waals surface area (Å²) in [5.41, 5.74) is 1.79. The molecular weight excluding hydrogens is 244 g/mol. The van der Waals surface area contributed by atoms with Gasteiger partial charge in [-0.1, -0.05) is 18.2 Å². The van der Waals surface area contributed by atoms with E-state index >= 15 is 0 Å². The minimum absolute atomic E-state index is 0.0308. The van der Waals surface area contributed by atoms with Crippen LogP contribution in [-0.2, 0) is 16.0 Å². The van der Waals surface area contributed by atoms with Gasteiger partial charge in [0.2, 0.25) is 5.91 Å². The number of para-hydroxylation sites is 1. The number of piperazine rings is 1. The van der Waals surface area contributed by atoms with Gasteiger partial charge in [-0.15, -0.1) is 0 Å². The Bertz CT molecular complexity index is 479. The summed E-state index contributed by atoms with van der Waals surface area (Å²) in [4.78, 5) is 26.1. The summed E-state index contributed by atoms with van der Waals surface area (Å²) in [5, 5.41) is 8.93. The monoisotopic (exact) mass is 262 g/mol. The molecule has 0 unspecified atom stereocenters. The van der Waals surface area contributed by atoms with E-state index in [9.17, 15) is 9.59 Å². The number of carbonyl (C=O) groups excluding carboxylic acids is 1. The molecule has 0 aliphatic carbocycles. The molecule has 0 bridgehead atoms. The first kappa shape index (κ1) is 13.4. The molecule has 0 spiro atoms. The fraction of sp³-hybridized carbons (Fsp3) is 0.429. The minimum Gasteiger partial charge on any atom is -0.481 e. The van der Waals surface area contributed by atoms with E-state index in [0.29, 0.717) is 13.1 Å². The standard InChI is InChI=1S/C14H18N2O3/c1-11(17)15-6-8-16(9-7-15)13-5-3-2-4-12(13)10-14(18)19/h2-5H,6-10H2,1H3,(H,18,19). The van der Waals surface area contributed by atoms with Gasteiger partial charge in [-0.25, -0.2) is 0 Å². The Morgan fingerprint density at radius 3 is 2.37 bits per heavy atom. The number of carboxylic acid groups (broad SMARTS) is 1. The topological polar surface area (TPSA) is 60.9 Å². The highest BCUT2D eigenvalue weighted by molar-refractivity contribution is 5.75. The van der Waals surface area contributed by atoms with Crippen LogP contribution in [0.3, 0.4) is 0 Å². The molecule has 0 atom stereocenters. The van der Waals surface area contributed by atoms with E-state index in [2.05, 4.69) is 4.90 Å². The first-order valence-electron chi connectivity index (χ1n) is 6.38. The van der Waals surface area contributed by atoms with E-state index in [4.69, 9.17) is 5.11 Å². The Hall–Kier alpha value is -2.04. The molecule has 0 aromatic heterocycles. The van der Waals surface area contributed by atoms with E-state index in [1.54, 1.807) is 6.92 Å². The molecule has 5 heteroatoms. The SMILES string of the molecule is CC(=O)N1CCN(c2ccccc2CC(=O)O)CC1. The average Bonchev–Trinajstić information content (AvgIpc) is 2.39. The predicted octanol–water partition coefficient (Wildman–Crippen LogP) is 0.982. The van der Waals surface area contributed by atoms with Gasteiger partial charge in [-0.05, 0) is 11.6 Å². The number of carbonyl (C=O) groups is 2. The Morgan fingerprint density at radius 2 is 1.79 bits per heavy atom. The third kappa shape index (κ3) is 3.24. The molecule has 0 saturated carbocycles. The maximum absolute atomic E-state index is 11.3. The van der Waals surface area contributed by atoms with Crippen LogP contribution >= 0.6 is 0 Å².